The van der Waals surface area contributed by atoms with Gasteiger partial charge < -0.3 is 15.5 Å². The summed E-state index contributed by atoms with van der Waals surface area (Å²) in [4.78, 5) is 6.97. The van der Waals surface area contributed by atoms with Crippen LogP contribution >= 0.6 is 0 Å². The standard InChI is InChI=1S/C10H10F3N3O/c1-5(14)9-15-7-3-2-6(4-8(7)16-9)17-10(11,12)13/h2-5H,14H2,1H3,(H,15,16)/t5-/m1/s1. The van der Waals surface area contributed by atoms with Gasteiger partial charge in [-0.05, 0) is 19.1 Å². The lowest BCUT2D eigenvalue weighted by molar-refractivity contribution is -0.274. The molecule has 0 saturated heterocycles. The second kappa shape index (κ2) is 3.92. The Bertz CT molecular complexity index is 533. The highest BCUT2D eigenvalue weighted by molar-refractivity contribution is 5.76. The molecule has 0 aliphatic carbocycles. The van der Waals surface area contributed by atoms with Crippen LogP contribution in [0, 0.1) is 0 Å². The summed E-state index contributed by atoms with van der Waals surface area (Å²) in [5, 5.41) is 0. The molecule has 7 heteroatoms. The van der Waals surface area contributed by atoms with E-state index in [9.17, 15) is 13.2 Å². The predicted octanol–water partition coefficient (Wildman–Crippen LogP) is 2.48. The molecule has 92 valence electrons. The number of nitrogens with zero attached hydrogens (tertiary/aromatic N) is 1. The zero-order valence-corrected chi connectivity index (χ0v) is 8.88. The summed E-state index contributed by atoms with van der Waals surface area (Å²) >= 11 is 0. The first-order valence-electron chi connectivity index (χ1n) is 4.86. The van der Waals surface area contributed by atoms with E-state index in [0.717, 1.165) is 0 Å². The molecule has 2 aromatic rings. The number of ether oxygens (including phenoxy) is 1. The van der Waals surface area contributed by atoms with Gasteiger partial charge in [0.15, 0.2) is 0 Å². The number of halogens is 3. The SMILES string of the molecule is C[C@@H](N)c1nc2ccc(OC(F)(F)F)cc2[nH]1. The molecule has 1 aromatic carbocycles. The van der Waals surface area contributed by atoms with Crippen LogP contribution in [0.1, 0.15) is 18.8 Å². The lowest BCUT2D eigenvalue weighted by Gasteiger charge is -2.07. The number of nitrogens with one attached hydrogen (secondary N) is 1. The summed E-state index contributed by atoms with van der Waals surface area (Å²) in [6.45, 7) is 1.73. The molecule has 3 N–H and O–H groups in total. The number of H-pyrrole nitrogens is 1. The molecule has 0 bridgehead atoms. The number of imidazole rings is 1. The summed E-state index contributed by atoms with van der Waals surface area (Å²) in [6, 6.07) is 3.58. The van der Waals surface area contributed by atoms with Crippen LogP contribution in [-0.2, 0) is 0 Å². The van der Waals surface area contributed by atoms with Crippen molar-refractivity contribution in [3.8, 4) is 5.75 Å². The average molecular weight is 245 g/mol. The molecule has 0 radical (unpaired) electrons. The molecule has 0 saturated carbocycles. The van der Waals surface area contributed by atoms with Gasteiger partial charge >= 0.3 is 6.36 Å². The van der Waals surface area contributed by atoms with Crippen molar-refractivity contribution in [3.63, 3.8) is 0 Å². The molecule has 2 rings (SSSR count). The highest BCUT2D eigenvalue weighted by atomic mass is 19.4. The van der Waals surface area contributed by atoms with E-state index in [-0.39, 0.29) is 11.8 Å². The molecular weight excluding hydrogens is 235 g/mol. The molecule has 17 heavy (non-hydrogen) atoms. The lowest BCUT2D eigenvalue weighted by atomic mass is 10.3. The monoisotopic (exact) mass is 245 g/mol. The first-order valence-corrected chi connectivity index (χ1v) is 4.86. The van der Waals surface area contributed by atoms with Gasteiger partial charge in [-0.15, -0.1) is 13.2 Å². The van der Waals surface area contributed by atoms with Crippen LogP contribution in [0.4, 0.5) is 13.2 Å². The van der Waals surface area contributed by atoms with E-state index in [2.05, 4.69) is 14.7 Å². The maximum atomic E-state index is 12.0. The van der Waals surface area contributed by atoms with Crippen LogP contribution in [0.15, 0.2) is 18.2 Å². The number of alkyl halides is 3. The third-order valence-corrected chi connectivity index (χ3v) is 2.14. The highest BCUT2D eigenvalue weighted by Crippen LogP contribution is 2.26. The van der Waals surface area contributed by atoms with Crippen LogP contribution in [0.2, 0.25) is 0 Å². The Morgan fingerprint density at radius 2 is 2.12 bits per heavy atom. The van der Waals surface area contributed by atoms with Crippen molar-refractivity contribution in [2.45, 2.75) is 19.3 Å². The molecule has 0 unspecified atom stereocenters. The van der Waals surface area contributed by atoms with Crippen LogP contribution in [-0.4, -0.2) is 16.3 Å². The molecule has 0 aliphatic rings. The second-order valence-corrected chi connectivity index (χ2v) is 3.64. The molecular formula is C10H10F3N3O. The number of fused-ring (bicyclic) bond motifs is 1. The molecule has 0 spiro atoms. The van der Waals surface area contributed by atoms with Crippen molar-refractivity contribution in [1.29, 1.82) is 0 Å². The summed E-state index contributed by atoms with van der Waals surface area (Å²) in [5.41, 5.74) is 6.62. The Hall–Kier alpha value is -1.76. The van der Waals surface area contributed by atoms with Gasteiger partial charge in [-0.25, -0.2) is 4.98 Å². The Kier molecular flexibility index (Phi) is 2.70. The summed E-state index contributed by atoms with van der Waals surface area (Å²) in [6.07, 6.45) is -4.70. The minimum atomic E-state index is -4.70. The van der Waals surface area contributed by atoms with Gasteiger partial charge in [0.1, 0.15) is 11.6 Å². The third-order valence-electron chi connectivity index (χ3n) is 2.14. The fourth-order valence-electron chi connectivity index (χ4n) is 1.42. The number of aromatic nitrogens is 2. The fraction of sp³-hybridized carbons (Fsp3) is 0.300. The smallest absolute Gasteiger partial charge is 0.406 e. The van der Waals surface area contributed by atoms with E-state index in [4.69, 9.17) is 5.73 Å². The first kappa shape index (κ1) is 11.7. The van der Waals surface area contributed by atoms with E-state index < -0.39 is 6.36 Å². The number of hydrogen-bond donors (Lipinski definition) is 2. The topological polar surface area (TPSA) is 63.9 Å². The van der Waals surface area contributed by atoms with E-state index in [0.29, 0.717) is 16.9 Å². The molecule has 0 aliphatic heterocycles. The van der Waals surface area contributed by atoms with Gasteiger partial charge in [0, 0.05) is 6.07 Å². The summed E-state index contributed by atoms with van der Waals surface area (Å²) < 4.78 is 39.8. The maximum absolute atomic E-state index is 12.0. The Labute approximate surface area is 94.6 Å². The van der Waals surface area contributed by atoms with E-state index in [1.165, 1.54) is 18.2 Å². The first-order chi connectivity index (χ1) is 7.85. The molecule has 0 amide bonds. The molecule has 0 fully saturated rings. The molecule has 1 atom stereocenters. The van der Waals surface area contributed by atoms with Crippen molar-refractivity contribution < 1.29 is 17.9 Å². The van der Waals surface area contributed by atoms with Crippen molar-refractivity contribution in [3.05, 3.63) is 24.0 Å². The largest absolute Gasteiger partial charge is 0.573 e. The molecule has 4 nitrogen and oxygen atoms in total. The molecule has 1 aromatic heterocycles. The lowest BCUT2D eigenvalue weighted by Crippen LogP contribution is -2.16. The number of aromatic amines is 1. The van der Waals surface area contributed by atoms with Gasteiger partial charge in [0.2, 0.25) is 0 Å². The van der Waals surface area contributed by atoms with Crippen LogP contribution in [0.3, 0.4) is 0 Å². The number of benzene rings is 1. The summed E-state index contributed by atoms with van der Waals surface area (Å²) in [7, 11) is 0. The van der Waals surface area contributed by atoms with Crippen molar-refractivity contribution >= 4 is 11.0 Å². The zero-order chi connectivity index (χ0) is 12.6. The fourth-order valence-corrected chi connectivity index (χ4v) is 1.42. The Morgan fingerprint density at radius 1 is 1.41 bits per heavy atom. The van der Waals surface area contributed by atoms with Crippen LogP contribution in [0.25, 0.3) is 11.0 Å². The summed E-state index contributed by atoms with van der Waals surface area (Å²) in [5.74, 6) is 0.231. The molecule has 1 heterocycles. The zero-order valence-electron chi connectivity index (χ0n) is 8.88. The minimum absolute atomic E-state index is 0.287. The van der Waals surface area contributed by atoms with Gasteiger partial charge in [0.05, 0.1) is 17.1 Å². The number of nitrogens with two attached hydrogens (primary N) is 1. The van der Waals surface area contributed by atoms with Crippen molar-refractivity contribution in [2.24, 2.45) is 5.73 Å². The predicted molar refractivity (Wildman–Crippen MR) is 55.4 cm³/mol. The number of hydrogen-bond acceptors (Lipinski definition) is 3. The van der Waals surface area contributed by atoms with Crippen LogP contribution in [0.5, 0.6) is 5.75 Å². The Balaban J connectivity index is 2.37. The van der Waals surface area contributed by atoms with Gasteiger partial charge in [-0.2, -0.15) is 0 Å². The van der Waals surface area contributed by atoms with Crippen molar-refractivity contribution in [1.82, 2.24) is 9.97 Å². The normalized spacial score (nSPS) is 13.9. The van der Waals surface area contributed by atoms with E-state index in [1.54, 1.807) is 6.92 Å². The third kappa shape index (κ3) is 2.68. The minimum Gasteiger partial charge on any atom is -0.406 e. The van der Waals surface area contributed by atoms with Gasteiger partial charge in [0.25, 0.3) is 0 Å². The van der Waals surface area contributed by atoms with Gasteiger partial charge in [-0.1, -0.05) is 0 Å². The quantitative estimate of drug-likeness (QED) is 0.854. The average Bonchev–Trinajstić information content (AvgIpc) is 2.57. The van der Waals surface area contributed by atoms with Crippen LogP contribution < -0.4 is 10.5 Å². The number of rotatable bonds is 2. The maximum Gasteiger partial charge on any atom is 0.573 e. The highest BCUT2D eigenvalue weighted by Gasteiger charge is 2.31. The Morgan fingerprint density at radius 3 is 2.71 bits per heavy atom. The van der Waals surface area contributed by atoms with Gasteiger partial charge in [-0.3, -0.25) is 0 Å². The second-order valence-electron chi connectivity index (χ2n) is 3.64. The van der Waals surface area contributed by atoms with E-state index in [1.807, 2.05) is 0 Å². The van der Waals surface area contributed by atoms with E-state index >= 15 is 0 Å². The van der Waals surface area contributed by atoms with Crippen molar-refractivity contribution in [2.75, 3.05) is 0 Å².